The first-order chi connectivity index (χ1) is 5.84. The third kappa shape index (κ3) is 4.69. The monoisotopic (exact) mass is 208 g/mol. The highest BCUT2D eigenvalue weighted by Gasteiger charge is 2.18. The van der Waals surface area contributed by atoms with E-state index in [9.17, 15) is 0 Å². The summed E-state index contributed by atoms with van der Waals surface area (Å²) in [7, 11) is 0.240. The van der Waals surface area contributed by atoms with E-state index in [1.165, 1.54) is 12.8 Å². The second kappa shape index (κ2) is 8.34. The second-order valence-electron chi connectivity index (χ2n) is 2.57. The minimum atomic E-state index is 0.240. The molecule has 0 radical (unpaired) electrons. The number of hydrogen-bond acceptors (Lipinski definition) is 2. The van der Waals surface area contributed by atoms with Crippen molar-refractivity contribution in [2.24, 2.45) is 0 Å². The Labute approximate surface area is 82.1 Å². The van der Waals surface area contributed by atoms with E-state index in [1.54, 1.807) is 0 Å². The summed E-state index contributed by atoms with van der Waals surface area (Å²) >= 11 is 2.04. The van der Waals surface area contributed by atoms with E-state index in [4.69, 9.17) is 4.74 Å². The molecule has 0 N–H and O–H groups in total. The standard InChI is InChI=1S/C7H15OPS.C2H6/c1-9(10-2)7-3-5-8-6-4-7;1-2/h7H,3-6H2,1-2H3;1-2H3. The van der Waals surface area contributed by atoms with Gasteiger partial charge in [0.25, 0.3) is 0 Å². The summed E-state index contributed by atoms with van der Waals surface area (Å²) in [5.74, 6) is 0. The Kier molecular flexibility index (Phi) is 8.86. The van der Waals surface area contributed by atoms with Gasteiger partial charge in [-0.3, -0.25) is 0 Å². The third-order valence-electron chi connectivity index (χ3n) is 1.99. The Morgan fingerprint density at radius 3 is 2.17 bits per heavy atom. The number of hydrogen-bond donors (Lipinski definition) is 0. The minimum Gasteiger partial charge on any atom is -0.381 e. The molecule has 0 aromatic heterocycles. The van der Waals surface area contributed by atoms with Gasteiger partial charge in [0.1, 0.15) is 0 Å². The summed E-state index contributed by atoms with van der Waals surface area (Å²) < 4.78 is 5.30. The van der Waals surface area contributed by atoms with Crippen molar-refractivity contribution in [1.29, 1.82) is 0 Å². The fourth-order valence-electron chi connectivity index (χ4n) is 1.20. The van der Waals surface area contributed by atoms with Gasteiger partial charge in [-0.1, -0.05) is 13.8 Å². The summed E-state index contributed by atoms with van der Waals surface area (Å²) in [6.45, 7) is 8.38. The van der Waals surface area contributed by atoms with E-state index in [2.05, 4.69) is 12.9 Å². The van der Waals surface area contributed by atoms with E-state index in [0.29, 0.717) is 0 Å². The molecule has 0 aromatic carbocycles. The molecule has 1 rings (SSSR count). The molecule has 0 bridgehead atoms. The quantitative estimate of drug-likeness (QED) is 0.641. The van der Waals surface area contributed by atoms with Crippen molar-refractivity contribution < 1.29 is 4.74 Å². The zero-order chi connectivity index (χ0) is 9.40. The van der Waals surface area contributed by atoms with Gasteiger partial charge < -0.3 is 4.74 Å². The van der Waals surface area contributed by atoms with Crippen LogP contribution in [-0.4, -0.2) is 31.8 Å². The van der Waals surface area contributed by atoms with Gasteiger partial charge in [-0.05, 0) is 38.5 Å². The van der Waals surface area contributed by atoms with Crippen LogP contribution >= 0.6 is 18.5 Å². The Morgan fingerprint density at radius 1 is 1.25 bits per heavy atom. The van der Waals surface area contributed by atoms with Crippen molar-refractivity contribution >= 4 is 18.5 Å². The zero-order valence-corrected chi connectivity index (χ0v) is 10.4. The molecule has 1 fully saturated rings. The lowest BCUT2D eigenvalue weighted by Gasteiger charge is -2.26. The fraction of sp³-hybridized carbons (Fsp3) is 1.00. The molecule has 1 atom stereocenters. The molecular weight excluding hydrogens is 187 g/mol. The molecular formula is C9H21OPS. The van der Waals surface area contributed by atoms with Gasteiger partial charge in [0.05, 0.1) is 0 Å². The highest BCUT2D eigenvalue weighted by molar-refractivity contribution is 8.55. The van der Waals surface area contributed by atoms with Crippen LogP contribution in [0, 0.1) is 0 Å². The molecule has 0 spiro atoms. The molecule has 12 heavy (non-hydrogen) atoms. The largest absolute Gasteiger partial charge is 0.381 e. The van der Waals surface area contributed by atoms with E-state index >= 15 is 0 Å². The van der Waals surface area contributed by atoms with Gasteiger partial charge >= 0.3 is 0 Å². The Morgan fingerprint density at radius 2 is 1.75 bits per heavy atom. The van der Waals surface area contributed by atoms with Crippen molar-refractivity contribution in [3.8, 4) is 0 Å². The lowest BCUT2D eigenvalue weighted by Crippen LogP contribution is -2.17. The number of ether oxygens (including phenoxy) is 1. The SMILES string of the molecule is CC.CSP(C)C1CCOCC1. The van der Waals surface area contributed by atoms with Crippen molar-refractivity contribution in [2.45, 2.75) is 32.3 Å². The predicted octanol–water partition coefficient (Wildman–Crippen LogP) is 3.58. The first-order valence-corrected chi connectivity index (χ1v) is 8.38. The highest BCUT2D eigenvalue weighted by Crippen LogP contribution is 2.51. The van der Waals surface area contributed by atoms with Crippen LogP contribution in [0.15, 0.2) is 0 Å². The molecule has 1 aliphatic heterocycles. The summed E-state index contributed by atoms with van der Waals surface area (Å²) in [6, 6.07) is 0. The Hall–Kier alpha value is 0.740. The first kappa shape index (κ1) is 12.7. The summed E-state index contributed by atoms with van der Waals surface area (Å²) in [4.78, 5) is 0. The van der Waals surface area contributed by atoms with E-state index in [0.717, 1.165) is 18.9 Å². The van der Waals surface area contributed by atoms with Crippen molar-refractivity contribution in [3.05, 3.63) is 0 Å². The maximum absolute atomic E-state index is 5.30. The molecule has 0 aromatic rings. The fourth-order valence-corrected chi connectivity index (χ4v) is 3.96. The molecule has 1 nitrogen and oxygen atoms in total. The average Bonchev–Trinajstić information content (AvgIpc) is 2.21. The lowest BCUT2D eigenvalue weighted by molar-refractivity contribution is 0.0994. The molecule has 74 valence electrons. The maximum atomic E-state index is 5.30. The molecule has 1 heterocycles. The summed E-state index contributed by atoms with van der Waals surface area (Å²) in [5.41, 5.74) is 0.971. The highest BCUT2D eigenvalue weighted by atomic mass is 32.7. The first-order valence-electron chi connectivity index (χ1n) is 4.69. The van der Waals surface area contributed by atoms with Crippen LogP contribution in [0.4, 0.5) is 0 Å². The Balaban J connectivity index is 0.000000561. The van der Waals surface area contributed by atoms with E-state index in [-0.39, 0.29) is 7.12 Å². The zero-order valence-electron chi connectivity index (χ0n) is 8.67. The second-order valence-corrected chi connectivity index (χ2v) is 7.58. The van der Waals surface area contributed by atoms with Crippen LogP contribution in [-0.2, 0) is 4.74 Å². The molecule has 1 aliphatic rings. The number of rotatable bonds is 2. The van der Waals surface area contributed by atoms with Crippen LogP contribution in [0.3, 0.4) is 0 Å². The summed E-state index contributed by atoms with van der Waals surface area (Å²) in [5, 5.41) is 0. The van der Waals surface area contributed by atoms with Crippen LogP contribution in [0.2, 0.25) is 0 Å². The molecule has 3 heteroatoms. The van der Waals surface area contributed by atoms with Crippen molar-refractivity contribution in [1.82, 2.24) is 0 Å². The smallest absolute Gasteiger partial charge is 0.0472 e. The minimum absolute atomic E-state index is 0.240. The lowest BCUT2D eigenvalue weighted by atomic mass is 10.2. The van der Waals surface area contributed by atoms with Crippen LogP contribution in [0.5, 0.6) is 0 Å². The maximum Gasteiger partial charge on any atom is 0.0472 e. The van der Waals surface area contributed by atoms with Gasteiger partial charge in [-0.15, -0.1) is 11.4 Å². The molecule has 1 saturated heterocycles. The topological polar surface area (TPSA) is 9.23 Å². The van der Waals surface area contributed by atoms with E-state index < -0.39 is 0 Å². The van der Waals surface area contributed by atoms with Crippen molar-refractivity contribution in [2.75, 3.05) is 26.1 Å². The average molecular weight is 208 g/mol. The van der Waals surface area contributed by atoms with Crippen molar-refractivity contribution in [3.63, 3.8) is 0 Å². The third-order valence-corrected chi connectivity index (χ3v) is 6.74. The van der Waals surface area contributed by atoms with Crippen LogP contribution in [0.25, 0.3) is 0 Å². The molecule has 0 aliphatic carbocycles. The van der Waals surface area contributed by atoms with E-state index in [1.807, 2.05) is 25.2 Å². The van der Waals surface area contributed by atoms with Crippen LogP contribution in [0.1, 0.15) is 26.7 Å². The van der Waals surface area contributed by atoms with Crippen LogP contribution < -0.4 is 0 Å². The molecule has 0 saturated carbocycles. The van der Waals surface area contributed by atoms with Gasteiger partial charge in [-0.25, -0.2) is 0 Å². The van der Waals surface area contributed by atoms with Gasteiger partial charge in [0.15, 0.2) is 0 Å². The van der Waals surface area contributed by atoms with Gasteiger partial charge in [0.2, 0.25) is 0 Å². The Bertz CT molecular complexity index is 94.5. The normalized spacial score (nSPS) is 21.0. The van der Waals surface area contributed by atoms with Gasteiger partial charge in [-0.2, -0.15) is 0 Å². The van der Waals surface area contributed by atoms with Gasteiger partial charge in [0, 0.05) is 13.2 Å². The molecule has 1 unspecified atom stereocenters. The molecule has 0 amide bonds. The summed E-state index contributed by atoms with van der Waals surface area (Å²) in [6.07, 6.45) is 4.81. The predicted molar refractivity (Wildman–Crippen MR) is 61.5 cm³/mol.